The molecule has 7 heteroatoms. The maximum absolute atomic E-state index is 13.0. The minimum atomic E-state index is -0.366. The Balaban J connectivity index is 1.68. The molecule has 1 aromatic rings. The van der Waals surface area contributed by atoms with Gasteiger partial charge in [-0.1, -0.05) is 24.3 Å². The van der Waals surface area contributed by atoms with E-state index in [1.807, 2.05) is 12.1 Å². The quantitative estimate of drug-likeness (QED) is 0.825. The number of nitrogens with one attached hydrogen (secondary N) is 1. The first-order valence-electron chi connectivity index (χ1n) is 9.07. The fourth-order valence-corrected chi connectivity index (χ4v) is 4.35. The Morgan fingerprint density at radius 3 is 2.77 bits per heavy atom. The second-order valence-electron chi connectivity index (χ2n) is 7.13. The van der Waals surface area contributed by atoms with E-state index in [0.717, 1.165) is 25.2 Å². The van der Waals surface area contributed by atoms with Crippen molar-refractivity contribution in [2.75, 3.05) is 31.6 Å². The number of nitrogens with zero attached hydrogens (tertiary/aromatic N) is 4. The van der Waals surface area contributed by atoms with Gasteiger partial charge in [-0.3, -0.25) is 19.9 Å². The molecule has 138 valence electrons. The van der Waals surface area contributed by atoms with Crippen LogP contribution in [0.5, 0.6) is 0 Å². The summed E-state index contributed by atoms with van der Waals surface area (Å²) in [6.07, 6.45) is 2.16. The number of fused-ring (bicyclic) bond motifs is 3. The van der Waals surface area contributed by atoms with Crippen LogP contribution in [0.25, 0.3) is 0 Å². The Hall–Kier alpha value is -2.38. The minimum Gasteiger partial charge on any atom is -0.343 e. The molecule has 1 N–H and O–H groups in total. The molecule has 3 aliphatic rings. The average molecular weight is 355 g/mol. The first kappa shape index (κ1) is 17.1. The SMILES string of the molecule is C=CCN1C(=O)C2C(NC3N(c4ccccc4C)CCCN23)N(C)C1=O. The zero-order valence-electron chi connectivity index (χ0n) is 15.3. The van der Waals surface area contributed by atoms with Crippen LogP contribution in [0.2, 0.25) is 0 Å². The molecule has 0 spiro atoms. The third-order valence-electron chi connectivity index (χ3n) is 5.61. The molecule has 3 aliphatic heterocycles. The number of amides is 3. The largest absolute Gasteiger partial charge is 0.343 e. The van der Waals surface area contributed by atoms with Crippen molar-refractivity contribution in [3.05, 3.63) is 42.5 Å². The van der Waals surface area contributed by atoms with Gasteiger partial charge in [0.2, 0.25) is 0 Å². The summed E-state index contributed by atoms with van der Waals surface area (Å²) in [7, 11) is 1.76. The lowest BCUT2D eigenvalue weighted by Gasteiger charge is -2.44. The molecule has 4 rings (SSSR count). The lowest BCUT2D eigenvalue weighted by Crippen LogP contribution is -2.66. The Morgan fingerprint density at radius 2 is 2.04 bits per heavy atom. The maximum Gasteiger partial charge on any atom is 0.328 e. The van der Waals surface area contributed by atoms with Crippen molar-refractivity contribution < 1.29 is 9.59 Å². The van der Waals surface area contributed by atoms with E-state index in [0.29, 0.717) is 0 Å². The molecule has 26 heavy (non-hydrogen) atoms. The Bertz CT molecular complexity index is 751. The first-order chi connectivity index (χ1) is 12.5. The summed E-state index contributed by atoms with van der Waals surface area (Å²) in [5, 5.41) is 3.53. The van der Waals surface area contributed by atoms with Crippen LogP contribution >= 0.6 is 0 Å². The molecule has 3 fully saturated rings. The van der Waals surface area contributed by atoms with Gasteiger partial charge in [-0.2, -0.15) is 0 Å². The summed E-state index contributed by atoms with van der Waals surface area (Å²) < 4.78 is 0. The highest BCUT2D eigenvalue weighted by Crippen LogP contribution is 2.33. The highest BCUT2D eigenvalue weighted by Gasteiger charge is 2.55. The second-order valence-corrected chi connectivity index (χ2v) is 7.13. The molecule has 0 saturated carbocycles. The molecule has 3 unspecified atom stereocenters. The number of benzene rings is 1. The standard InChI is InChI=1S/C19H25N5O2/c1-4-10-24-17(25)15-16(21(3)19(24)26)20-18-22(11-7-12-23(15)18)14-9-6-5-8-13(14)2/h4-6,8-9,15-16,18,20H,1,7,10-12H2,2-3H3. The van der Waals surface area contributed by atoms with E-state index in [9.17, 15) is 9.59 Å². The van der Waals surface area contributed by atoms with Gasteiger partial charge in [-0.05, 0) is 25.0 Å². The average Bonchev–Trinajstić information content (AvgIpc) is 3.04. The van der Waals surface area contributed by atoms with Gasteiger partial charge in [0.05, 0.1) is 0 Å². The number of likely N-dealkylation sites (N-methyl/N-ethyl adjacent to an activating group) is 1. The highest BCUT2D eigenvalue weighted by molar-refractivity contribution is 6.00. The van der Waals surface area contributed by atoms with Gasteiger partial charge in [0, 0.05) is 32.4 Å². The van der Waals surface area contributed by atoms with Crippen molar-refractivity contribution in [2.24, 2.45) is 0 Å². The van der Waals surface area contributed by atoms with Gasteiger partial charge < -0.3 is 9.80 Å². The molecule has 0 radical (unpaired) electrons. The fourth-order valence-electron chi connectivity index (χ4n) is 4.35. The minimum absolute atomic E-state index is 0.0947. The molecular formula is C19H25N5O2. The molecule has 7 nitrogen and oxygen atoms in total. The van der Waals surface area contributed by atoms with Gasteiger partial charge in [0.1, 0.15) is 18.5 Å². The second kappa shape index (κ2) is 6.41. The third kappa shape index (κ3) is 2.42. The van der Waals surface area contributed by atoms with Gasteiger partial charge in [-0.15, -0.1) is 6.58 Å². The molecule has 0 aliphatic carbocycles. The number of carbonyl (C=O) groups excluding carboxylic acids is 2. The van der Waals surface area contributed by atoms with E-state index in [-0.39, 0.29) is 37.0 Å². The Morgan fingerprint density at radius 1 is 1.27 bits per heavy atom. The first-order valence-corrected chi connectivity index (χ1v) is 9.07. The number of para-hydroxylation sites is 1. The number of hydrogen-bond donors (Lipinski definition) is 1. The van der Waals surface area contributed by atoms with Crippen LogP contribution in [-0.4, -0.2) is 71.8 Å². The summed E-state index contributed by atoms with van der Waals surface area (Å²) >= 11 is 0. The summed E-state index contributed by atoms with van der Waals surface area (Å²) in [6, 6.07) is 7.65. The van der Waals surface area contributed by atoms with Crippen LogP contribution in [0.15, 0.2) is 36.9 Å². The number of rotatable bonds is 3. The monoisotopic (exact) mass is 355 g/mol. The molecular weight excluding hydrogens is 330 g/mol. The van der Waals surface area contributed by atoms with Gasteiger partial charge in [-0.25, -0.2) is 4.79 Å². The van der Waals surface area contributed by atoms with Crippen LogP contribution in [0, 0.1) is 6.92 Å². The van der Waals surface area contributed by atoms with Crippen LogP contribution < -0.4 is 10.2 Å². The molecule has 0 aromatic heterocycles. The van der Waals surface area contributed by atoms with Crippen LogP contribution in [0.4, 0.5) is 10.5 Å². The van der Waals surface area contributed by atoms with Crippen molar-refractivity contribution >= 4 is 17.6 Å². The van der Waals surface area contributed by atoms with Crippen molar-refractivity contribution in [1.82, 2.24) is 20.0 Å². The maximum atomic E-state index is 13.0. The van der Waals surface area contributed by atoms with E-state index in [2.05, 4.69) is 40.8 Å². The van der Waals surface area contributed by atoms with Crippen molar-refractivity contribution in [3.63, 3.8) is 0 Å². The van der Waals surface area contributed by atoms with E-state index in [1.165, 1.54) is 10.5 Å². The topological polar surface area (TPSA) is 59.1 Å². The smallest absolute Gasteiger partial charge is 0.328 e. The van der Waals surface area contributed by atoms with Gasteiger partial charge in [0.15, 0.2) is 0 Å². The number of hydrogen-bond acceptors (Lipinski definition) is 5. The summed E-state index contributed by atoms with van der Waals surface area (Å²) in [6.45, 7) is 7.76. The fraction of sp³-hybridized carbons (Fsp3) is 0.474. The predicted molar refractivity (Wildman–Crippen MR) is 99.4 cm³/mol. The van der Waals surface area contributed by atoms with Crippen LogP contribution in [0.3, 0.4) is 0 Å². The molecule has 3 atom stereocenters. The molecule has 3 amide bonds. The molecule has 1 aromatic carbocycles. The molecule has 0 bridgehead atoms. The van der Waals surface area contributed by atoms with Gasteiger partial charge in [0.25, 0.3) is 5.91 Å². The van der Waals surface area contributed by atoms with Crippen LogP contribution in [0.1, 0.15) is 12.0 Å². The van der Waals surface area contributed by atoms with Crippen molar-refractivity contribution in [1.29, 1.82) is 0 Å². The normalized spacial score (nSPS) is 29.0. The predicted octanol–water partition coefficient (Wildman–Crippen LogP) is 1.17. The van der Waals surface area contributed by atoms with Gasteiger partial charge >= 0.3 is 6.03 Å². The number of urea groups is 1. The number of anilines is 1. The summed E-state index contributed by atoms with van der Waals surface area (Å²) in [4.78, 5) is 33.1. The Labute approximate surface area is 153 Å². The van der Waals surface area contributed by atoms with E-state index in [1.54, 1.807) is 18.0 Å². The highest BCUT2D eigenvalue weighted by atomic mass is 16.2. The van der Waals surface area contributed by atoms with E-state index < -0.39 is 0 Å². The van der Waals surface area contributed by atoms with Crippen LogP contribution in [-0.2, 0) is 4.79 Å². The van der Waals surface area contributed by atoms with E-state index in [4.69, 9.17) is 0 Å². The molecule has 3 heterocycles. The summed E-state index contributed by atoms with van der Waals surface area (Å²) in [5.41, 5.74) is 2.37. The number of carbonyl (C=O) groups is 2. The Kier molecular flexibility index (Phi) is 4.20. The van der Waals surface area contributed by atoms with Crippen molar-refractivity contribution in [3.8, 4) is 0 Å². The number of aryl methyl sites for hydroxylation is 1. The third-order valence-corrected chi connectivity index (χ3v) is 5.61. The lowest BCUT2D eigenvalue weighted by molar-refractivity contribution is -0.138. The van der Waals surface area contributed by atoms with E-state index >= 15 is 0 Å². The number of imide groups is 1. The zero-order valence-corrected chi connectivity index (χ0v) is 15.3. The van der Waals surface area contributed by atoms with Crippen molar-refractivity contribution in [2.45, 2.75) is 31.8 Å². The summed E-state index contributed by atoms with van der Waals surface area (Å²) in [5.74, 6) is -0.139. The lowest BCUT2D eigenvalue weighted by atomic mass is 10.1. The molecule has 3 saturated heterocycles. The zero-order chi connectivity index (χ0) is 18.4.